The second kappa shape index (κ2) is 9.48. The van der Waals surface area contributed by atoms with E-state index >= 15 is 0 Å². The molecule has 1 aromatic heterocycles. The first kappa shape index (κ1) is 20.9. The van der Waals surface area contributed by atoms with E-state index < -0.39 is 10.0 Å². The number of carbonyl (C=O) groups excluding carboxylic acids is 1. The maximum atomic E-state index is 12.3. The van der Waals surface area contributed by atoms with Gasteiger partial charge in [0.2, 0.25) is 15.9 Å². The molecule has 0 saturated carbocycles. The van der Waals surface area contributed by atoms with Gasteiger partial charge in [0, 0.05) is 26.0 Å². The van der Waals surface area contributed by atoms with Crippen LogP contribution in [0.3, 0.4) is 0 Å². The van der Waals surface area contributed by atoms with Gasteiger partial charge in [-0.25, -0.2) is 13.1 Å². The molecule has 0 unspecified atom stereocenters. The highest BCUT2D eigenvalue weighted by molar-refractivity contribution is 7.89. The first-order valence-electron chi connectivity index (χ1n) is 8.67. The number of benzene rings is 1. The number of aromatic nitrogens is 1. The summed E-state index contributed by atoms with van der Waals surface area (Å²) in [6.45, 7) is 3.98. The van der Waals surface area contributed by atoms with E-state index in [-0.39, 0.29) is 23.5 Å². The third kappa shape index (κ3) is 6.65. The van der Waals surface area contributed by atoms with Gasteiger partial charge >= 0.3 is 0 Å². The van der Waals surface area contributed by atoms with E-state index in [2.05, 4.69) is 9.71 Å². The van der Waals surface area contributed by atoms with E-state index in [1.165, 1.54) is 17.0 Å². The first-order valence-corrected chi connectivity index (χ1v) is 10.2. The minimum absolute atomic E-state index is 0.00545. The van der Waals surface area contributed by atoms with E-state index in [1.54, 1.807) is 31.6 Å². The second-order valence-electron chi connectivity index (χ2n) is 6.38. The number of amides is 1. The molecule has 0 aliphatic carbocycles. The summed E-state index contributed by atoms with van der Waals surface area (Å²) in [6.07, 6.45) is 4.08. The zero-order chi connectivity index (χ0) is 19.9. The van der Waals surface area contributed by atoms with Crippen molar-refractivity contribution in [3.05, 3.63) is 54.4 Å². The fourth-order valence-corrected chi connectivity index (χ4v) is 3.29. The predicted octanol–water partition coefficient (Wildman–Crippen LogP) is 1.85. The highest BCUT2D eigenvalue weighted by atomic mass is 32.2. The number of pyridine rings is 1. The number of rotatable bonds is 9. The lowest BCUT2D eigenvalue weighted by molar-refractivity contribution is -0.128. The molecule has 0 bridgehead atoms. The van der Waals surface area contributed by atoms with Crippen LogP contribution in [0.25, 0.3) is 0 Å². The van der Waals surface area contributed by atoms with E-state index in [0.29, 0.717) is 18.7 Å². The maximum Gasteiger partial charge on any atom is 0.241 e. The number of hydrogen-bond donors (Lipinski definition) is 1. The number of nitrogens with one attached hydrogen (secondary N) is 1. The van der Waals surface area contributed by atoms with Crippen molar-refractivity contribution >= 4 is 15.9 Å². The molecule has 0 saturated heterocycles. The third-order valence-electron chi connectivity index (χ3n) is 3.83. The van der Waals surface area contributed by atoms with Crippen LogP contribution < -0.4 is 9.46 Å². The number of likely N-dealkylation sites (N-methyl/N-ethyl adjacent to an activating group) is 1. The molecule has 2 aromatic rings. The van der Waals surface area contributed by atoms with Crippen molar-refractivity contribution in [2.45, 2.75) is 31.3 Å². The second-order valence-corrected chi connectivity index (χ2v) is 8.15. The molecule has 0 aliphatic heterocycles. The number of sulfonamides is 1. The molecule has 1 N–H and O–H groups in total. The van der Waals surface area contributed by atoms with Crippen molar-refractivity contribution in [1.82, 2.24) is 14.6 Å². The van der Waals surface area contributed by atoms with Crippen LogP contribution in [0.2, 0.25) is 0 Å². The lowest BCUT2D eigenvalue weighted by Gasteiger charge is -2.17. The summed E-state index contributed by atoms with van der Waals surface area (Å²) < 4.78 is 32.5. The van der Waals surface area contributed by atoms with Crippen LogP contribution >= 0.6 is 0 Å². The largest absolute Gasteiger partial charge is 0.491 e. The van der Waals surface area contributed by atoms with Crippen LogP contribution in [0.5, 0.6) is 5.75 Å². The number of ether oxygens (including phenoxy) is 1. The number of hydrogen-bond acceptors (Lipinski definition) is 5. The molecule has 0 fully saturated rings. The van der Waals surface area contributed by atoms with Crippen molar-refractivity contribution in [3.63, 3.8) is 0 Å². The predicted molar refractivity (Wildman–Crippen MR) is 103 cm³/mol. The lowest BCUT2D eigenvalue weighted by Crippen LogP contribution is -2.38. The molecule has 7 nitrogen and oxygen atoms in total. The molecule has 0 atom stereocenters. The van der Waals surface area contributed by atoms with Crippen LogP contribution in [0.4, 0.5) is 0 Å². The van der Waals surface area contributed by atoms with Gasteiger partial charge in [-0.3, -0.25) is 9.78 Å². The molecule has 2 rings (SSSR count). The minimum Gasteiger partial charge on any atom is -0.491 e. The Balaban J connectivity index is 1.87. The van der Waals surface area contributed by atoms with Gasteiger partial charge < -0.3 is 9.64 Å². The molecule has 8 heteroatoms. The van der Waals surface area contributed by atoms with Gasteiger partial charge in [-0.2, -0.15) is 0 Å². The van der Waals surface area contributed by atoms with Crippen molar-refractivity contribution in [1.29, 1.82) is 0 Å². The summed E-state index contributed by atoms with van der Waals surface area (Å²) >= 11 is 0. The number of carbonyl (C=O) groups is 1. The summed E-state index contributed by atoms with van der Waals surface area (Å²) in [4.78, 5) is 17.7. The Bertz CT molecular complexity index is 837. The first-order chi connectivity index (χ1) is 12.8. The average Bonchev–Trinajstić information content (AvgIpc) is 2.65. The molecule has 0 spiro atoms. The number of nitrogens with zero attached hydrogens (tertiary/aromatic N) is 2. The van der Waals surface area contributed by atoms with Crippen molar-refractivity contribution < 1.29 is 17.9 Å². The Morgan fingerprint density at radius 2 is 1.78 bits per heavy atom. The van der Waals surface area contributed by atoms with Gasteiger partial charge in [-0.05, 0) is 62.2 Å². The summed E-state index contributed by atoms with van der Waals surface area (Å²) in [5, 5.41) is 0. The molecule has 146 valence electrons. The van der Waals surface area contributed by atoms with Crippen molar-refractivity contribution in [2.75, 3.05) is 20.1 Å². The van der Waals surface area contributed by atoms with Crippen LogP contribution in [0.15, 0.2) is 53.7 Å². The van der Waals surface area contributed by atoms with Gasteiger partial charge in [0.05, 0.1) is 17.5 Å². The van der Waals surface area contributed by atoms with E-state index in [0.717, 1.165) is 5.56 Å². The van der Waals surface area contributed by atoms with Gasteiger partial charge in [0.1, 0.15) is 5.75 Å². The van der Waals surface area contributed by atoms with Gasteiger partial charge in [-0.1, -0.05) is 0 Å². The van der Waals surface area contributed by atoms with E-state index in [1.807, 2.05) is 26.0 Å². The fraction of sp³-hybridized carbons (Fsp3) is 0.368. The van der Waals surface area contributed by atoms with Crippen LogP contribution in [0.1, 0.15) is 19.4 Å². The zero-order valence-electron chi connectivity index (χ0n) is 15.8. The molecule has 0 radical (unpaired) electrons. The average molecular weight is 391 g/mol. The van der Waals surface area contributed by atoms with Crippen molar-refractivity contribution in [2.24, 2.45) is 0 Å². The lowest BCUT2D eigenvalue weighted by atomic mass is 10.2. The maximum absolute atomic E-state index is 12.3. The summed E-state index contributed by atoms with van der Waals surface area (Å²) in [5.41, 5.74) is 1.06. The van der Waals surface area contributed by atoms with Crippen molar-refractivity contribution in [3.8, 4) is 5.75 Å². The Hall–Kier alpha value is -2.45. The van der Waals surface area contributed by atoms with E-state index in [4.69, 9.17) is 4.74 Å². The molecule has 1 heterocycles. The summed E-state index contributed by atoms with van der Waals surface area (Å²) in [7, 11) is -2.11. The molecule has 0 aliphatic rings. The van der Waals surface area contributed by atoms with Gasteiger partial charge in [0.25, 0.3) is 0 Å². The summed E-state index contributed by atoms with van der Waals surface area (Å²) in [5.74, 6) is 0.295. The van der Waals surface area contributed by atoms with Crippen LogP contribution in [0, 0.1) is 0 Å². The van der Waals surface area contributed by atoms with Crippen LogP contribution in [-0.2, 0) is 21.2 Å². The standard InChI is InChI=1S/C19H25N3O4S/c1-15(2)26-17-4-6-18(7-5-17)27(24,25)21-14-19(23)22(3)13-10-16-8-11-20-12-9-16/h4-9,11-12,15,21H,10,13-14H2,1-3H3. The highest BCUT2D eigenvalue weighted by Crippen LogP contribution is 2.17. The quantitative estimate of drug-likeness (QED) is 0.705. The molecule has 1 amide bonds. The van der Waals surface area contributed by atoms with Gasteiger partial charge in [0.15, 0.2) is 0 Å². The smallest absolute Gasteiger partial charge is 0.241 e. The fourth-order valence-electron chi connectivity index (χ4n) is 2.32. The molecule has 1 aromatic carbocycles. The zero-order valence-corrected chi connectivity index (χ0v) is 16.6. The third-order valence-corrected chi connectivity index (χ3v) is 5.25. The van der Waals surface area contributed by atoms with E-state index in [9.17, 15) is 13.2 Å². The molecular weight excluding hydrogens is 366 g/mol. The highest BCUT2D eigenvalue weighted by Gasteiger charge is 2.17. The Labute approximate surface area is 160 Å². The Morgan fingerprint density at radius 1 is 1.15 bits per heavy atom. The van der Waals surface area contributed by atoms with Crippen LogP contribution in [-0.4, -0.2) is 50.5 Å². The Morgan fingerprint density at radius 3 is 2.37 bits per heavy atom. The monoisotopic (exact) mass is 391 g/mol. The SMILES string of the molecule is CC(C)Oc1ccc(S(=O)(=O)NCC(=O)N(C)CCc2ccncc2)cc1. The normalized spacial score (nSPS) is 11.4. The Kier molecular flexibility index (Phi) is 7.32. The molecule has 27 heavy (non-hydrogen) atoms. The summed E-state index contributed by atoms with van der Waals surface area (Å²) in [6, 6.07) is 9.87. The molecular formula is C19H25N3O4S. The minimum atomic E-state index is -3.76. The topological polar surface area (TPSA) is 88.6 Å². The van der Waals surface area contributed by atoms with Gasteiger partial charge in [-0.15, -0.1) is 0 Å².